The molecule has 2 fully saturated rings. The maximum Gasteiger partial charge on any atom is 0.253 e. The number of benzene rings is 2. The van der Waals surface area contributed by atoms with E-state index >= 15 is 0 Å². The van der Waals surface area contributed by atoms with E-state index in [1.54, 1.807) is 35.2 Å². The molecule has 1 N–H and O–H groups in total. The third-order valence-electron chi connectivity index (χ3n) is 6.70. The Kier molecular flexibility index (Phi) is 4.64. The van der Waals surface area contributed by atoms with Crippen LogP contribution in [0.1, 0.15) is 18.9 Å². The van der Waals surface area contributed by atoms with Gasteiger partial charge in [-0.15, -0.1) is 6.58 Å². The Balaban J connectivity index is 1.68. The highest BCUT2D eigenvalue weighted by atomic mass is 79.9. The van der Waals surface area contributed by atoms with Gasteiger partial charge in [-0.2, -0.15) is 0 Å². The predicted octanol–water partition coefficient (Wildman–Crippen LogP) is 3.36. The zero-order valence-electron chi connectivity index (χ0n) is 17.0. The van der Waals surface area contributed by atoms with Crippen molar-refractivity contribution in [1.82, 2.24) is 5.32 Å². The Morgan fingerprint density at radius 1 is 1.10 bits per heavy atom. The normalized spacial score (nSPS) is 29.1. The number of hydrogen-bond donors (Lipinski definition) is 1. The highest BCUT2D eigenvalue weighted by Gasteiger charge is 2.71. The molecule has 158 valence electrons. The average molecular weight is 480 g/mol. The van der Waals surface area contributed by atoms with Crippen molar-refractivity contribution in [3.63, 3.8) is 0 Å². The fourth-order valence-corrected chi connectivity index (χ4v) is 5.72. The van der Waals surface area contributed by atoms with Gasteiger partial charge in [-0.25, -0.2) is 4.90 Å². The third-order valence-corrected chi connectivity index (χ3v) is 7.23. The number of imide groups is 1. The SMILES string of the molecule is C=CCN1C(=O)C2(NC(CC)C3C(=O)N(c4ccc(Br)cc4)C(=O)C32)c2ccccc21. The zero-order chi connectivity index (χ0) is 21.9. The molecule has 0 bridgehead atoms. The molecular formula is C24H22BrN3O3. The second-order valence-electron chi connectivity index (χ2n) is 8.18. The average Bonchev–Trinajstić information content (AvgIpc) is 3.34. The van der Waals surface area contributed by atoms with Crippen molar-refractivity contribution in [3.8, 4) is 0 Å². The van der Waals surface area contributed by atoms with Crippen molar-refractivity contribution < 1.29 is 14.4 Å². The van der Waals surface area contributed by atoms with Gasteiger partial charge in [0.1, 0.15) is 5.54 Å². The summed E-state index contributed by atoms with van der Waals surface area (Å²) in [6, 6.07) is 14.3. The van der Waals surface area contributed by atoms with Crippen LogP contribution in [-0.4, -0.2) is 30.3 Å². The van der Waals surface area contributed by atoms with E-state index in [2.05, 4.69) is 27.8 Å². The van der Waals surface area contributed by atoms with Gasteiger partial charge in [-0.1, -0.05) is 47.1 Å². The summed E-state index contributed by atoms with van der Waals surface area (Å²) in [5, 5.41) is 3.45. The lowest BCUT2D eigenvalue weighted by Crippen LogP contribution is -2.55. The maximum atomic E-state index is 13.8. The Hall–Kier alpha value is -2.77. The van der Waals surface area contributed by atoms with Gasteiger partial charge < -0.3 is 4.90 Å². The molecule has 3 aliphatic heterocycles. The van der Waals surface area contributed by atoms with Gasteiger partial charge in [0.15, 0.2) is 0 Å². The lowest BCUT2D eigenvalue weighted by Gasteiger charge is -2.30. The largest absolute Gasteiger partial charge is 0.306 e. The number of rotatable bonds is 4. The third kappa shape index (κ3) is 2.56. The molecule has 2 aromatic rings. The first kappa shape index (κ1) is 20.2. The number of amides is 3. The zero-order valence-corrected chi connectivity index (χ0v) is 18.6. The smallest absolute Gasteiger partial charge is 0.253 e. The fraction of sp³-hybridized carbons (Fsp3) is 0.292. The maximum absolute atomic E-state index is 13.8. The first-order valence-electron chi connectivity index (χ1n) is 10.4. The minimum Gasteiger partial charge on any atom is -0.306 e. The second-order valence-corrected chi connectivity index (χ2v) is 9.10. The van der Waals surface area contributed by atoms with Crippen LogP contribution in [0.2, 0.25) is 0 Å². The summed E-state index contributed by atoms with van der Waals surface area (Å²) in [5.41, 5.74) is 0.797. The fourth-order valence-electron chi connectivity index (χ4n) is 5.45. The molecule has 1 spiro atoms. The first-order chi connectivity index (χ1) is 15.0. The van der Waals surface area contributed by atoms with E-state index in [-0.39, 0.29) is 23.8 Å². The van der Waals surface area contributed by atoms with Gasteiger partial charge >= 0.3 is 0 Å². The van der Waals surface area contributed by atoms with E-state index in [0.717, 1.165) is 15.7 Å². The van der Waals surface area contributed by atoms with Gasteiger partial charge in [0.2, 0.25) is 11.8 Å². The lowest BCUT2D eigenvalue weighted by atomic mass is 9.76. The molecule has 2 saturated heterocycles. The van der Waals surface area contributed by atoms with Crippen molar-refractivity contribution in [2.24, 2.45) is 11.8 Å². The topological polar surface area (TPSA) is 69.7 Å². The monoisotopic (exact) mass is 479 g/mol. The molecule has 0 aliphatic carbocycles. The number of fused-ring (bicyclic) bond motifs is 4. The van der Waals surface area contributed by atoms with E-state index in [1.807, 2.05) is 31.2 Å². The molecule has 3 aliphatic rings. The molecule has 3 amide bonds. The quantitative estimate of drug-likeness (QED) is 0.539. The highest BCUT2D eigenvalue weighted by Crippen LogP contribution is 2.55. The molecule has 7 heteroatoms. The molecule has 4 atom stereocenters. The van der Waals surface area contributed by atoms with E-state index in [0.29, 0.717) is 18.7 Å². The van der Waals surface area contributed by atoms with Crippen molar-refractivity contribution in [3.05, 3.63) is 71.2 Å². The van der Waals surface area contributed by atoms with Crippen LogP contribution in [-0.2, 0) is 19.9 Å². The number of anilines is 2. The summed E-state index contributed by atoms with van der Waals surface area (Å²) < 4.78 is 0.861. The number of para-hydroxylation sites is 1. The minimum atomic E-state index is -1.25. The molecule has 31 heavy (non-hydrogen) atoms. The van der Waals surface area contributed by atoms with Crippen LogP contribution in [0.15, 0.2) is 65.7 Å². The minimum absolute atomic E-state index is 0.196. The van der Waals surface area contributed by atoms with Crippen molar-refractivity contribution in [1.29, 1.82) is 0 Å². The predicted molar refractivity (Wildman–Crippen MR) is 121 cm³/mol. The van der Waals surface area contributed by atoms with Gasteiger partial charge in [0.05, 0.1) is 17.5 Å². The van der Waals surface area contributed by atoms with Crippen LogP contribution < -0.4 is 15.1 Å². The Bertz CT molecular complexity index is 1120. The Labute approximate surface area is 189 Å². The summed E-state index contributed by atoms with van der Waals surface area (Å²) in [7, 11) is 0. The van der Waals surface area contributed by atoms with Crippen LogP contribution in [0, 0.1) is 11.8 Å². The highest BCUT2D eigenvalue weighted by molar-refractivity contribution is 9.10. The summed E-state index contributed by atoms with van der Waals surface area (Å²) in [4.78, 5) is 44.1. The summed E-state index contributed by atoms with van der Waals surface area (Å²) >= 11 is 3.39. The van der Waals surface area contributed by atoms with Gasteiger partial charge in [0.25, 0.3) is 5.91 Å². The molecule has 0 radical (unpaired) electrons. The molecule has 2 aromatic carbocycles. The van der Waals surface area contributed by atoms with Gasteiger partial charge in [0, 0.05) is 28.3 Å². The van der Waals surface area contributed by atoms with Crippen LogP contribution in [0.5, 0.6) is 0 Å². The van der Waals surface area contributed by atoms with Crippen LogP contribution in [0.4, 0.5) is 11.4 Å². The van der Waals surface area contributed by atoms with Gasteiger partial charge in [-0.05, 0) is 36.8 Å². The van der Waals surface area contributed by atoms with Crippen LogP contribution in [0.25, 0.3) is 0 Å². The number of carbonyl (C=O) groups is 3. The lowest BCUT2D eigenvalue weighted by molar-refractivity contribution is -0.132. The molecule has 3 heterocycles. The Morgan fingerprint density at radius 2 is 1.81 bits per heavy atom. The van der Waals surface area contributed by atoms with Crippen LogP contribution in [0.3, 0.4) is 0 Å². The Morgan fingerprint density at radius 3 is 2.48 bits per heavy atom. The number of hydrogen-bond acceptors (Lipinski definition) is 4. The second kappa shape index (κ2) is 7.14. The van der Waals surface area contributed by atoms with E-state index in [4.69, 9.17) is 0 Å². The molecule has 5 rings (SSSR count). The summed E-state index contributed by atoms with van der Waals surface area (Å²) in [6.45, 7) is 6.09. The molecule has 4 unspecified atom stereocenters. The molecule has 6 nitrogen and oxygen atoms in total. The van der Waals surface area contributed by atoms with E-state index < -0.39 is 17.4 Å². The molecular weight excluding hydrogens is 458 g/mol. The van der Waals surface area contributed by atoms with E-state index in [9.17, 15) is 14.4 Å². The van der Waals surface area contributed by atoms with Gasteiger partial charge in [-0.3, -0.25) is 19.7 Å². The molecule has 0 aromatic heterocycles. The number of carbonyl (C=O) groups excluding carboxylic acids is 3. The van der Waals surface area contributed by atoms with E-state index in [1.165, 1.54) is 4.90 Å². The first-order valence-corrected chi connectivity index (χ1v) is 11.2. The van der Waals surface area contributed by atoms with Crippen molar-refractivity contribution in [2.45, 2.75) is 24.9 Å². The number of nitrogens with zero attached hydrogens (tertiary/aromatic N) is 2. The standard InChI is InChI=1S/C24H22BrN3O3/c1-3-13-27-18-8-6-5-7-16(18)24(23(27)31)20-19(17(4-2)26-24)21(29)28(22(20)30)15-11-9-14(25)10-12-15/h3,5-12,17,19-20,26H,1,4,13H2,2H3. The number of nitrogens with one attached hydrogen (secondary N) is 1. The molecule has 0 saturated carbocycles. The van der Waals surface area contributed by atoms with Crippen molar-refractivity contribution in [2.75, 3.05) is 16.3 Å². The summed E-state index contributed by atoms with van der Waals surface area (Å²) in [6.07, 6.45) is 2.31. The summed E-state index contributed by atoms with van der Waals surface area (Å²) in [5.74, 6) is -2.16. The van der Waals surface area contributed by atoms with Crippen molar-refractivity contribution >= 4 is 45.0 Å². The van der Waals surface area contributed by atoms with Crippen LogP contribution >= 0.6 is 15.9 Å². The number of halogens is 1.